The van der Waals surface area contributed by atoms with Crippen molar-refractivity contribution in [3.8, 4) is 0 Å². The first-order valence-electron chi connectivity index (χ1n) is 31.5. The number of hydrogen-bond donors (Lipinski definition) is 2. The molecule has 0 aromatic carbocycles. The van der Waals surface area contributed by atoms with Crippen LogP contribution in [-0.4, -0.2) is 49.3 Å². The lowest BCUT2D eigenvalue weighted by molar-refractivity contribution is -0.161. The largest absolute Gasteiger partial charge is 0.472 e. The van der Waals surface area contributed by atoms with Crippen LogP contribution in [0.1, 0.15) is 322 Å². The smallest absolute Gasteiger partial charge is 0.462 e. The van der Waals surface area contributed by atoms with Gasteiger partial charge < -0.3 is 20.1 Å². The van der Waals surface area contributed by atoms with Crippen LogP contribution in [0, 0.1) is 0 Å². The molecule has 0 saturated heterocycles. The zero-order valence-corrected chi connectivity index (χ0v) is 49.0. The van der Waals surface area contributed by atoms with Crippen molar-refractivity contribution in [1.29, 1.82) is 0 Å². The van der Waals surface area contributed by atoms with E-state index in [0.29, 0.717) is 6.42 Å². The summed E-state index contributed by atoms with van der Waals surface area (Å²) in [7, 11) is -4.38. The number of esters is 2. The lowest BCUT2D eigenvalue weighted by Crippen LogP contribution is -2.29. The zero-order valence-electron chi connectivity index (χ0n) is 48.1. The van der Waals surface area contributed by atoms with E-state index in [1.165, 1.54) is 244 Å². The Labute approximate surface area is 452 Å². The number of hydrogen-bond acceptors (Lipinski definition) is 8. The molecule has 0 fully saturated rings. The molecule has 0 aliphatic rings. The van der Waals surface area contributed by atoms with Crippen molar-refractivity contribution in [1.82, 2.24) is 0 Å². The molecule has 0 aliphatic heterocycles. The molecule has 0 heterocycles. The quantitative estimate of drug-likeness (QED) is 0.0264. The lowest BCUT2D eigenvalue weighted by Gasteiger charge is -2.19. The van der Waals surface area contributed by atoms with Crippen molar-refractivity contribution in [3.63, 3.8) is 0 Å². The Morgan fingerprint density at radius 1 is 0.411 bits per heavy atom. The Kier molecular flexibility index (Phi) is 58.0. The van der Waals surface area contributed by atoms with Crippen molar-refractivity contribution in [3.05, 3.63) is 36.5 Å². The maximum Gasteiger partial charge on any atom is 0.472 e. The van der Waals surface area contributed by atoms with E-state index in [1.54, 1.807) is 0 Å². The van der Waals surface area contributed by atoms with Crippen LogP contribution in [0.25, 0.3) is 0 Å². The fraction of sp³-hybridized carbons (Fsp3) is 0.873. The first-order valence-corrected chi connectivity index (χ1v) is 33.0. The minimum Gasteiger partial charge on any atom is -0.462 e. The third kappa shape index (κ3) is 59.3. The molecule has 430 valence electrons. The molecule has 0 rings (SSSR count). The summed E-state index contributed by atoms with van der Waals surface area (Å²) in [6.45, 7) is 3.79. The van der Waals surface area contributed by atoms with Gasteiger partial charge in [-0.3, -0.25) is 18.6 Å². The summed E-state index contributed by atoms with van der Waals surface area (Å²) in [6.07, 6.45) is 72.2. The third-order valence-electron chi connectivity index (χ3n) is 14.0. The zero-order chi connectivity index (χ0) is 53.1. The summed E-state index contributed by atoms with van der Waals surface area (Å²) < 4.78 is 33.1. The van der Waals surface area contributed by atoms with Gasteiger partial charge in [0.15, 0.2) is 6.10 Å². The van der Waals surface area contributed by atoms with E-state index in [4.69, 9.17) is 24.3 Å². The minimum atomic E-state index is -4.38. The van der Waals surface area contributed by atoms with Gasteiger partial charge in [-0.15, -0.1) is 0 Å². The van der Waals surface area contributed by atoms with Crippen LogP contribution in [-0.2, 0) is 32.7 Å². The van der Waals surface area contributed by atoms with E-state index in [2.05, 4.69) is 50.3 Å². The average Bonchev–Trinajstić information content (AvgIpc) is 3.38. The number of rotatable bonds is 60. The van der Waals surface area contributed by atoms with E-state index in [9.17, 15) is 19.0 Å². The predicted octanol–water partition coefficient (Wildman–Crippen LogP) is 20.0. The van der Waals surface area contributed by atoms with Gasteiger partial charge in [0.05, 0.1) is 13.2 Å². The summed E-state index contributed by atoms with van der Waals surface area (Å²) >= 11 is 0. The Morgan fingerprint density at radius 2 is 0.712 bits per heavy atom. The number of phosphoric acid groups is 1. The number of nitrogens with two attached hydrogens (primary N) is 1. The van der Waals surface area contributed by atoms with Crippen molar-refractivity contribution < 1.29 is 37.6 Å². The first-order chi connectivity index (χ1) is 35.8. The van der Waals surface area contributed by atoms with E-state index in [0.717, 1.165) is 44.9 Å². The molecule has 2 atom stereocenters. The maximum absolute atomic E-state index is 12.7. The van der Waals surface area contributed by atoms with Crippen molar-refractivity contribution in [2.24, 2.45) is 5.73 Å². The summed E-state index contributed by atoms with van der Waals surface area (Å²) in [6, 6.07) is 0. The molecule has 0 aromatic heterocycles. The van der Waals surface area contributed by atoms with Crippen LogP contribution >= 0.6 is 7.82 Å². The highest BCUT2D eigenvalue weighted by Crippen LogP contribution is 2.43. The van der Waals surface area contributed by atoms with Crippen LogP contribution < -0.4 is 5.73 Å². The van der Waals surface area contributed by atoms with Crippen molar-refractivity contribution in [2.75, 3.05) is 26.4 Å². The molecule has 0 amide bonds. The second-order valence-electron chi connectivity index (χ2n) is 21.3. The van der Waals surface area contributed by atoms with E-state index >= 15 is 0 Å². The van der Waals surface area contributed by atoms with Crippen LogP contribution in [0.5, 0.6) is 0 Å². The first kappa shape index (κ1) is 71.2. The molecule has 0 bridgehead atoms. The number of ether oxygens (including phenoxy) is 2. The normalized spacial score (nSPS) is 13.2. The van der Waals surface area contributed by atoms with Crippen molar-refractivity contribution >= 4 is 19.8 Å². The molecule has 0 aromatic rings. The summed E-state index contributed by atoms with van der Waals surface area (Å²) in [5.74, 6) is -0.808. The molecular weight excluding hydrogens is 930 g/mol. The van der Waals surface area contributed by atoms with Gasteiger partial charge in [0.1, 0.15) is 6.61 Å². The number of phosphoric ester groups is 1. The summed E-state index contributed by atoms with van der Waals surface area (Å²) in [5.41, 5.74) is 5.39. The Morgan fingerprint density at radius 3 is 1.05 bits per heavy atom. The van der Waals surface area contributed by atoms with Gasteiger partial charge in [-0.1, -0.05) is 294 Å². The molecule has 3 N–H and O–H groups in total. The number of carbonyl (C=O) groups is 2. The monoisotopic (exact) mass is 1050 g/mol. The van der Waals surface area contributed by atoms with E-state index < -0.39 is 26.5 Å². The SMILES string of the molecule is CCCCCCC/C=C\C/C=C\C/C=C\CCCCCCCCCCCCCCCCCCCCC(=O)OC(COC(=O)CCCCCCCCCCCCCCCCCCCCC)COP(=O)(O)OCCN. The highest BCUT2D eigenvalue weighted by atomic mass is 31.2. The highest BCUT2D eigenvalue weighted by Gasteiger charge is 2.26. The molecule has 0 spiro atoms. The van der Waals surface area contributed by atoms with Gasteiger partial charge in [-0.05, 0) is 51.4 Å². The van der Waals surface area contributed by atoms with E-state index in [-0.39, 0.29) is 38.6 Å². The predicted molar refractivity (Wildman–Crippen MR) is 312 cm³/mol. The third-order valence-corrected chi connectivity index (χ3v) is 15.0. The summed E-state index contributed by atoms with van der Waals surface area (Å²) in [4.78, 5) is 35.2. The molecular formula is C63H120NO8P. The number of allylic oxidation sites excluding steroid dienone is 6. The molecule has 0 aliphatic carbocycles. The van der Waals surface area contributed by atoms with Gasteiger partial charge in [-0.25, -0.2) is 4.57 Å². The number of unbranched alkanes of at least 4 members (excludes halogenated alkanes) is 41. The van der Waals surface area contributed by atoms with Gasteiger partial charge in [0.2, 0.25) is 0 Å². The molecule has 0 radical (unpaired) electrons. The van der Waals surface area contributed by atoms with Crippen LogP contribution in [0.4, 0.5) is 0 Å². The van der Waals surface area contributed by atoms with Crippen molar-refractivity contribution in [2.45, 2.75) is 328 Å². The van der Waals surface area contributed by atoms with Crippen LogP contribution in [0.2, 0.25) is 0 Å². The average molecular weight is 1050 g/mol. The highest BCUT2D eigenvalue weighted by molar-refractivity contribution is 7.47. The van der Waals surface area contributed by atoms with Gasteiger partial charge in [0, 0.05) is 19.4 Å². The second-order valence-corrected chi connectivity index (χ2v) is 22.7. The maximum atomic E-state index is 12.7. The topological polar surface area (TPSA) is 134 Å². The molecule has 9 nitrogen and oxygen atoms in total. The molecule has 10 heteroatoms. The standard InChI is InChI=1S/C63H120NO8P/c1-3-5-7-9-11-13-15-17-19-21-23-24-25-26-27-28-29-30-31-32-33-34-35-36-38-40-42-44-46-48-50-52-54-56-63(66)72-61(60-71-73(67,68)70-58-57-64)59-69-62(65)55-53-51-49-47-45-43-41-39-37-22-20-18-16-14-12-10-8-6-4-2/h15,17,21,23,25-26,61H,3-14,16,18-20,22,24,27-60,64H2,1-2H3,(H,67,68)/b17-15-,23-21-,26-25-. The lowest BCUT2D eigenvalue weighted by atomic mass is 10.0. The van der Waals surface area contributed by atoms with Crippen LogP contribution in [0.15, 0.2) is 36.5 Å². The molecule has 73 heavy (non-hydrogen) atoms. The Hall–Kier alpha value is -1.77. The van der Waals surface area contributed by atoms with Gasteiger partial charge in [-0.2, -0.15) is 0 Å². The van der Waals surface area contributed by atoms with Crippen LogP contribution in [0.3, 0.4) is 0 Å². The van der Waals surface area contributed by atoms with Gasteiger partial charge in [0.25, 0.3) is 0 Å². The minimum absolute atomic E-state index is 0.0560. The Balaban J connectivity index is 3.86. The molecule has 0 saturated carbocycles. The molecule has 2 unspecified atom stereocenters. The number of carbonyl (C=O) groups excluding carboxylic acids is 2. The fourth-order valence-corrected chi connectivity index (χ4v) is 10.1. The van der Waals surface area contributed by atoms with Gasteiger partial charge >= 0.3 is 19.8 Å². The second kappa shape index (κ2) is 59.5. The van der Waals surface area contributed by atoms with E-state index in [1.807, 2.05) is 0 Å². The fourth-order valence-electron chi connectivity index (χ4n) is 9.35. The summed E-state index contributed by atoms with van der Waals surface area (Å²) in [5, 5.41) is 0. The Bertz CT molecular complexity index is 1290.